The molecule has 40 heavy (non-hydrogen) atoms. The first kappa shape index (κ1) is 34.9. The van der Waals surface area contributed by atoms with Gasteiger partial charge < -0.3 is 24.8 Å². The quantitative estimate of drug-likeness (QED) is 0.0644. The number of hydrogen-bond acceptors (Lipinski definition) is 9. The van der Waals surface area contributed by atoms with Crippen molar-refractivity contribution in [3.05, 3.63) is 66.2 Å². The van der Waals surface area contributed by atoms with Crippen LogP contribution in [0.2, 0.25) is 5.02 Å². The number of aliphatic hydroxyl groups is 1. The van der Waals surface area contributed by atoms with Gasteiger partial charge in [0.15, 0.2) is 11.4 Å². The summed E-state index contributed by atoms with van der Waals surface area (Å²) in [6.45, 7) is 5.49. The number of halogens is 1. The number of carbonyl (C=O) groups is 1. The number of benzene rings is 1. The molecule has 4 rings (SSSR count). The molecule has 0 spiro atoms. The Morgan fingerprint density at radius 3 is 2.73 bits per heavy atom. The van der Waals surface area contributed by atoms with Gasteiger partial charge in [0.1, 0.15) is 17.6 Å². The molecule has 0 bridgehead atoms. The van der Waals surface area contributed by atoms with Crippen molar-refractivity contribution < 1.29 is 83.7 Å². The Morgan fingerprint density at radius 2 is 2.10 bits per heavy atom. The van der Waals surface area contributed by atoms with Crippen molar-refractivity contribution in [2.24, 2.45) is 0 Å². The van der Waals surface area contributed by atoms with Gasteiger partial charge in [-0.25, -0.2) is 9.88 Å². The van der Waals surface area contributed by atoms with Gasteiger partial charge in [0.05, 0.1) is 17.2 Å². The molecular weight excluding hydrogens is 607 g/mol. The van der Waals surface area contributed by atoms with Crippen LogP contribution in [0.4, 0.5) is 11.5 Å². The molecule has 2 unspecified atom stereocenters. The monoisotopic (exact) mass is 636 g/mol. The summed E-state index contributed by atoms with van der Waals surface area (Å²) in [4.78, 5) is 19.8. The molecule has 1 aromatic heterocycles. The van der Waals surface area contributed by atoms with E-state index in [2.05, 4.69) is 10.3 Å². The number of nitrogens with zero attached hydrogens (tertiary/aromatic N) is 3. The van der Waals surface area contributed by atoms with E-state index in [0.717, 1.165) is 11.4 Å². The van der Waals surface area contributed by atoms with Gasteiger partial charge in [-0.1, -0.05) is 24.4 Å². The van der Waals surface area contributed by atoms with Crippen LogP contribution < -0.4 is 71.2 Å². The Hall–Kier alpha value is -1.33. The van der Waals surface area contributed by atoms with Crippen LogP contribution in [0.1, 0.15) is 33.1 Å². The summed E-state index contributed by atoms with van der Waals surface area (Å²) >= 11 is 11.1. The van der Waals surface area contributed by atoms with Gasteiger partial charge in [0.25, 0.3) is 16.0 Å². The van der Waals surface area contributed by atoms with Gasteiger partial charge in [0, 0.05) is 17.6 Å². The Morgan fingerprint density at radius 1 is 1.35 bits per heavy atom. The fourth-order valence-electron chi connectivity index (χ4n) is 3.76. The number of thiocarbonyl (C=S) groups is 1. The normalized spacial score (nSPS) is 17.2. The van der Waals surface area contributed by atoms with Crippen LogP contribution in [0.15, 0.2) is 54.4 Å². The standard InChI is InChI=1S/C14H17N3O3S.C11H13ClNO4S.K/c1-3-10(20-9(2)18)8-11-13(19)17(14(21)16-11)12-6-4-5-7-15-12;12-9-3-4-11-10(7-9)13(8-17-11)5-1-2-6-18(14,15)16;/h3-7,9,11,18H,8H2,1-2H3,(H,16,21);3-4,7-8H,1-2,5-6H2,(H,14,15,16);/q;-1;+1. The summed E-state index contributed by atoms with van der Waals surface area (Å²) in [5.74, 6) is 1.34. The van der Waals surface area contributed by atoms with Crippen LogP contribution in [-0.4, -0.2) is 58.7 Å². The van der Waals surface area contributed by atoms with Crippen molar-refractivity contribution in [3.8, 4) is 5.75 Å². The van der Waals surface area contributed by atoms with Crippen LogP contribution in [0, 0.1) is 6.73 Å². The van der Waals surface area contributed by atoms with E-state index < -0.39 is 22.4 Å². The smallest absolute Gasteiger partial charge is 0.640 e. The molecule has 1 saturated heterocycles. The first-order chi connectivity index (χ1) is 18.5. The molecule has 15 heteroatoms. The van der Waals surface area contributed by atoms with Gasteiger partial charge in [-0.15, -0.1) is 0 Å². The van der Waals surface area contributed by atoms with Crippen LogP contribution in [0.25, 0.3) is 0 Å². The molecule has 2 atom stereocenters. The predicted octanol–water partition coefficient (Wildman–Crippen LogP) is 0.650. The molecule has 2 aromatic rings. The topological polar surface area (TPSA) is 142 Å². The van der Waals surface area contributed by atoms with Crippen LogP contribution in [-0.2, 0) is 19.6 Å². The van der Waals surface area contributed by atoms with Crippen molar-refractivity contribution in [1.29, 1.82) is 0 Å². The minimum absolute atomic E-state index is 0. The Bertz CT molecular complexity index is 1300. The van der Waals surface area contributed by atoms with E-state index >= 15 is 0 Å². The van der Waals surface area contributed by atoms with E-state index in [0.29, 0.717) is 47.5 Å². The van der Waals surface area contributed by atoms with E-state index in [-0.39, 0.29) is 63.0 Å². The third-order valence-corrected chi connectivity index (χ3v) is 6.88. The Balaban J connectivity index is 0.000000276. The SMILES string of the molecule is CC=C(CC1NC(=S)N(c2ccccn2)C1=O)OC(C)O.O=S(=O)(O)CCCCN1[CH-]Oc2ccc(Cl)cc21.[K+]. The third kappa shape index (κ3) is 10.5. The zero-order valence-corrected chi connectivity index (χ0v) is 27.9. The third-order valence-electron chi connectivity index (χ3n) is 5.54. The summed E-state index contributed by atoms with van der Waals surface area (Å²) in [5.41, 5.74) is 0.870. The molecule has 0 aliphatic carbocycles. The van der Waals surface area contributed by atoms with Crippen molar-refractivity contribution in [1.82, 2.24) is 10.3 Å². The average molecular weight is 637 g/mol. The molecule has 0 radical (unpaired) electrons. The second kappa shape index (κ2) is 16.3. The van der Waals surface area contributed by atoms with Gasteiger partial charge in [-0.3, -0.25) is 9.35 Å². The van der Waals surface area contributed by atoms with Crippen LogP contribution in [0.5, 0.6) is 5.75 Å². The van der Waals surface area contributed by atoms with Gasteiger partial charge >= 0.3 is 51.4 Å². The van der Waals surface area contributed by atoms with E-state index in [4.69, 9.17) is 37.8 Å². The molecule has 1 aromatic carbocycles. The first-order valence-electron chi connectivity index (χ1n) is 12.0. The summed E-state index contributed by atoms with van der Waals surface area (Å²) in [6.07, 6.45) is 3.74. The zero-order valence-electron chi connectivity index (χ0n) is 22.4. The molecule has 2 aliphatic rings. The molecular formula is C25H30ClKN4O7S2. The van der Waals surface area contributed by atoms with Crippen LogP contribution >= 0.6 is 23.8 Å². The number of rotatable bonds is 10. The minimum atomic E-state index is -3.87. The van der Waals surface area contributed by atoms with Crippen molar-refractivity contribution >= 4 is 56.5 Å². The number of aromatic nitrogens is 1. The summed E-state index contributed by atoms with van der Waals surface area (Å²) in [6, 6.07) is 10.1. The Kier molecular flexibility index (Phi) is 14.2. The fraction of sp³-hybridized carbons (Fsp3) is 0.360. The number of amides is 1. The number of fused-ring (bicyclic) bond motifs is 1. The zero-order chi connectivity index (χ0) is 28.6. The maximum atomic E-state index is 12.4. The van der Waals surface area contributed by atoms with Crippen molar-refractivity contribution in [3.63, 3.8) is 0 Å². The number of nitrogens with one attached hydrogen (secondary N) is 1. The number of carbonyl (C=O) groups excluding carboxylic acids is 1. The van der Waals surface area contributed by atoms with E-state index in [9.17, 15) is 18.3 Å². The molecule has 1 fully saturated rings. The minimum Gasteiger partial charge on any atom is -0.640 e. The molecule has 3 N–H and O–H groups in total. The molecule has 3 heterocycles. The largest absolute Gasteiger partial charge is 1.00 e. The number of aliphatic hydroxyl groups excluding tert-OH is 1. The molecule has 2 aliphatic heterocycles. The number of ether oxygens (including phenoxy) is 2. The second-order valence-electron chi connectivity index (χ2n) is 8.56. The molecule has 212 valence electrons. The van der Waals surface area contributed by atoms with Crippen LogP contribution in [0.3, 0.4) is 0 Å². The van der Waals surface area contributed by atoms with Crippen molar-refractivity contribution in [2.45, 2.75) is 45.4 Å². The van der Waals surface area contributed by atoms with E-state index in [1.54, 1.807) is 62.3 Å². The van der Waals surface area contributed by atoms with Gasteiger partial charge in [-0.05, 0) is 81.9 Å². The number of allylic oxidation sites excluding steroid dienone is 1. The average Bonchev–Trinajstić information content (AvgIpc) is 3.40. The number of anilines is 2. The molecule has 0 saturated carbocycles. The number of pyridine rings is 1. The molecule has 11 nitrogen and oxygen atoms in total. The first-order valence-corrected chi connectivity index (χ1v) is 14.4. The maximum absolute atomic E-state index is 12.4. The number of hydrogen-bond donors (Lipinski definition) is 3. The van der Waals surface area contributed by atoms with E-state index in [1.165, 1.54) is 11.8 Å². The van der Waals surface area contributed by atoms with Gasteiger partial charge in [-0.2, -0.15) is 8.42 Å². The summed E-state index contributed by atoms with van der Waals surface area (Å²) < 4.78 is 40.3. The molecule has 1 amide bonds. The summed E-state index contributed by atoms with van der Waals surface area (Å²) in [5, 5.41) is 13.2. The predicted molar refractivity (Wildman–Crippen MR) is 152 cm³/mol. The van der Waals surface area contributed by atoms with Gasteiger partial charge in [0.2, 0.25) is 0 Å². The number of unbranched alkanes of at least 4 members (excludes halogenated alkanes) is 1. The van der Waals surface area contributed by atoms with E-state index in [1.807, 2.05) is 4.90 Å². The van der Waals surface area contributed by atoms with Crippen molar-refractivity contribution in [2.75, 3.05) is 22.1 Å². The maximum Gasteiger partial charge on any atom is 1.00 e. The second-order valence-corrected chi connectivity index (χ2v) is 11.0. The Labute approximate surface area is 287 Å². The fourth-order valence-corrected chi connectivity index (χ4v) is 4.82. The summed E-state index contributed by atoms with van der Waals surface area (Å²) in [7, 11) is -3.87.